The van der Waals surface area contributed by atoms with E-state index < -0.39 is 0 Å². The fourth-order valence-corrected chi connectivity index (χ4v) is 2.63. The van der Waals surface area contributed by atoms with Gasteiger partial charge in [0.05, 0.1) is 6.21 Å². The van der Waals surface area contributed by atoms with Crippen molar-refractivity contribution >= 4 is 18.4 Å². The van der Waals surface area contributed by atoms with Gasteiger partial charge in [0, 0.05) is 5.56 Å². The number of nitrogens with zero attached hydrogens (tertiary/aromatic N) is 3. The molecule has 0 saturated heterocycles. The molecule has 1 aromatic heterocycles. The second kappa shape index (κ2) is 6.76. The maximum atomic E-state index is 9.58. The Hall–Kier alpha value is -2.93. The van der Waals surface area contributed by atoms with Gasteiger partial charge in [0.2, 0.25) is 4.77 Å². The lowest BCUT2D eigenvalue weighted by Crippen LogP contribution is -2.10. The van der Waals surface area contributed by atoms with Gasteiger partial charge in [0.25, 0.3) is 0 Å². The zero-order valence-electron chi connectivity index (χ0n) is 14.8. The van der Waals surface area contributed by atoms with Crippen molar-refractivity contribution in [1.29, 1.82) is 0 Å². The standard InChI is InChI=1S/C19H20N4O2S/c1-19(2,3)14-7-5-13(6-8-14)17-21-22-18(26)23(17)20-11-12-4-9-15(24)16(25)10-12/h4-11,24-25H,1-3H3,(H,22,26)/b20-11+. The molecule has 0 unspecified atom stereocenters. The molecule has 1 heterocycles. The zero-order chi connectivity index (χ0) is 18.9. The number of benzene rings is 2. The molecule has 26 heavy (non-hydrogen) atoms. The number of rotatable bonds is 3. The third kappa shape index (κ3) is 3.67. The Bertz CT molecular complexity index is 1010. The number of hydrogen-bond acceptors (Lipinski definition) is 5. The minimum atomic E-state index is -0.206. The molecule has 0 spiro atoms. The molecule has 3 rings (SSSR count). The van der Waals surface area contributed by atoms with Gasteiger partial charge in [-0.3, -0.25) is 0 Å². The van der Waals surface area contributed by atoms with Crippen molar-refractivity contribution < 1.29 is 10.2 Å². The van der Waals surface area contributed by atoms with E-state index in [9.17, 15) is 10.2 Å². The molecule has 6 nitrogen and oxygen atoms in total. The van der Waals surface area contributed by atoms with Crippen LogP contribution in [0.2, 0.25) is 0 Å². The van der Waals surface area contributed by atoms with Crippen molar-refractivity contribution in [3.05, 3.63) is 58.4 Å². The van der Waals surface area contributed by atoms with Gasteiger partial charge < -0.3 is 10.2 Å². The van der Waals surface area contributed by atoms with Gasteiger partial charge in [0.1, 0.15) is 0 Å². The first-order chi connectivity index (χ1) is 12.3. The average molecular weight is 368 g/mol. The number of phenols is 2. The molecule has 0 aliphatic heterocycles. The van der Waals surface area contributed by atoms with E-state index in [1.165, 1.54) is 28.6 Å². The van der Waals surface area contributed by atoms with Crippen LogP contribution in [0.25, 0.3) is 11.4 Å². The van der Waals surface area contributed by atoms with Gasteiger partial charge in [-0.1, -0.05) is 45.0 Å². The number of phenolic OH excluding ortho intramolecular Hbond substituents is 2. The van der Waals surface area contributed by atoms with Crippen molar-refractivity contribution in [3.8, 4) is 22.9 Å². The molecule has 0 saturated carbocycles. The second-order valence-corrected chi connectivity index (χ2v) is 7.37. The molecule has 0 aliphatic carbocycles. The summed E-state index contributed by atoms with van der Waals surface area (Å²) in [5, 5.41) is 30.3. The van der Waals surface area contributed by atoms with E-state index in [1.807, 2.05) is 12.1 Å². The smallest absolute Gasteiger partial charge is 0.216 e. The summed E-state index contributed by atoms with van der Waals surface area (Å²) in [5.74, 6) is 0.208. The molecule has 2 aromatic carbocycles. The maximum absolute atomic E-state index is 9.58. The third-order valence-electron chi connectivity index (χ3n) is 3.98. The molecule has 0 aliphatic rings. The van der Waals surface area contributed by atoms with Crippen LogP contribution in [-0.4, -0.2) is 31.3 Å². The number of H-pyrrole nitrogens is 1. The predicted molar refractivity (Wildman–Crippen MR) is 104 cm³/mol. The van der Waals surface area contributed by atoms with E-state index >= 15 is 0 Å². The number of aromatic hydroxyl groups is 2. The SMILES string of the molecule is CC(C)(C)c1ccc(-c2n[nH]c(=S)n2/N=C/c2ccc(O)c(O)c2)cc1. The van der Waals surface area contributed by atoms with Crippen LogP contribution in [-0.2, 0) is 5.41 Å². The molecule has 0 radical (unpaired) electrons. The summed E-state index contributed by atoms with van der Waals surface area (Å²) in [6.07, 6.45) is 1.54. The number of aromatic amines is 1. The fourth-order valence-electron chi connectivity index (χ4n) is 2.45. The number of aromatic nitrogens is 3. The minimum Gasteiger partial charge on any atom is -0.504 e. The van der Waals surface area contributed by atoms with Gasteiger partial charge in [-0.05, 0) is 47.0 Å². The van der Waals surface area contributed by atoms with E-state index in [0.717, 1.165) is 5.56 Å². The largest absolute Gasteiger partial charge is 0.504 e. The second-order valence-electron chi connectivity index (χ2n) is 6.98. The molecule has 0 amide bonds. The van der Waals surface area contributed by atoms with E-state index in [4.69, 9.17) is 12.2 Å². The number of hydrogen-bond donors (Lipinski definition) is 3. The van der Waals surface area contributed by atoms with Crippen LogP contribution in [0.15, 0.2) is 47.6 Å². The molecule has 3 N–H and O–H groups in total. The van der Waals surface area contributed by atoms with Crippen LogP contribution in [0.4, 0.5) is 0 Å². The summed E-state index contributed by atoms with van der Waals surface area (Å²) in [7, 11) is 0. The highest BCUT2D eigenvalue weighted by atomic mass is 32.1. The van der Waals surface area contributed by atoms with E-state index in [1.54, 1.807) is 6.07 Å². The lowest BCUT2D eigenvalue weighted by Gasteiger charge is -2.18. The van der Waals surface area contributed by atoms with Crippen LogP contribution < -0.4 is 0 Å². The zero-order valence-corrected chi connectivity index (χ0v) is 15.6. The lowest BCUT2D eigenvalue weighted by molar-refractivity contribution is 0.403. The Balaban J connectivity index is 1.95. The molecule has 0 fully saturated rings. The maximum Gasteiger partial charge on any atom is 0.216 e. The average Bonchev–Trinajstić information content (AvgIpc) is 2.96. The summed E-state index contributed by atoms with van der Waals surface area (Å²) in [6, 6.07) is 12.6. The quantitative estimate of drug-likeness (QED) is 0.367. The van der Waals surface area contributed by atoms with Crippen molar-refractivity contribution in [3.63, 3.8) is 0 Å². The number of nitrogens with one attached hydrogen (secondary N) is 1. The minimum absolute atomic E-state index is 0.0717. The Morgan fingerprint density at radius 3 is 2.38 bits per heavy atom. The van der Waals surface area contributed by atoms with Gasteiger partial charge >= 0.3 is 0 Å². The predicted octanol–water partition coefficient (Wildman–Crippen LogP) is 4.20. The van der Waals surface area contributed by atoms with Gasteiger partial charge in [-0.25, -0.2) is 5.10 Å². The monoisotopic (exact) mass is 368 g/mol. The van der Waals surface area contributed by atoms with Crippen LogP contribution in [0.3, 0.4) is 0 Å². The summed E-state index contributed by atoms with van der Waals surface area (Å²) < 4.78 is 1.88. The van der Waals surface area contributed by atoms with Crippen LogP contribution in [0.5, 0.6) is 11.5 Å². The molecular weight excluding hydrogens is 348 g/mol. The molecule has 0 bridgehead atoms. The van der Waals surface area contributed by atoms with E-state index in [2.05, 4.69) is 48.2 Å². The van der Waals surface area contributed by atoms with E-state index in [0.29, 0.717) is 16.2 Å². The Kier molecular flexibility index (Phi) is 4.65. The summed E-state index contributed by atoms with van der Waals surface area (Å²) >= 11 is 5.26. The topological polar surface area (TPSA) is 86.4 Å². The highest BCUT2D eigenvalue weighted by molar-refractivity contribution is 7.71. The first-order valence-corrected chi connectivity index (χ1v) is 8.51. The summed E-state index contributed by atoms with van der Waals surface area (Å²) in [4.78, 5) is 0. The normalized spacial score (nSPS) is 12.0. The summed E-state index contributed by atoms with van der Waals surface area (Å²) in [6.45, 7) is 6.49. The highest BCUT2D eigenvalue weighted by Crippen LogP contribution is 2.26. The first-order valence-electron chi connectivity index (χ1n) is 8.10. The Labute approximate surface area is 156 Å². The Morgan fingerprint density at radius 2 is 1.77 bits per heavy atom. The molecular formula is C19H20N4O2S. The molecule has 7 heteroatoms. The third-order valence-corrected chi connectivity index (χ3v) is 4.25. The van der Waals surface area contributed by atoms with Crippen molar-refractivity contribution in [2.75, 3.05) is 0 Å². The molecule has 134 valence electrons. The summed E-state index contributed by atoms with van der Waals surface area (Å²) in [5.41, 5.74) is 2.81. The van der Waals surface area contributed by atoms with E-state index in [-0.39, 0.29) is 16.9 Å². The highest BCUT2D eigenvalue weighted by Gasteiger charge is 2.14. The van der Waals surface area contributed by atoms with Crippen molar-refractivity contribution in [2.45, 2.75) is 26.2 Å². The van der Waals surface area contributed by atoms with Crippen molar-refractivity contribution in [2.24, 2.45) is 5.10 Å². The molecule has 0 atom stereocenters. The van der Waals surface area contributed by atoms with Crippen LogP contribution in [0.1, 0.15) is 31.9 Å². The first kappa shape index (κ1) is 17.9. The Morgan fingerprint density at radius 1 is 1.08 bits per heavy atom. The fraction of sp³-hybridized carbons (Fsp3) is 0.211. The van der Waals surface area contributed by atoms with Crippen LogP contribution in [0, 0.1) is 4.77 Å². The van der Waals surface area contributed by atoms with Gasteiger partial charge in [-0.15, -0.1) is 0 Å². The molecule has 3 aromatic rings. The lowest BCUT2D eigenvalue weighted by atomic mass is 9.87. The van der Waals surface area contributed by atoms with Crippen LogP contribution >= 0.6 is 12.2 Å². The van der Waals surface area contributed by atoms with Crippen molar-refractivity contribution in [1.82, 2.24) is 14.9 Å². The van der Waals surface area contributed by atoms with Gasteiger partial charge in [0.15, 0.2) is 17.3 Å². The van der Waals surface area contributed by atoms with Gasteiger partial charge in [-0.2, -0.15) is 14.9 Å².